The highest BCUT2D eigenvalue weighted by atomic mass is 35.5. The SMILES string of the molecule is CN1CC(=O)N(Cc2cc(Cl)ccc2OCC2CC2)C1=O. The Hall–Kier alpha value is -1.75. The number of carbonyl (C=O) groups is 2. The minimum atomic E-state index is -0.284. The third-order valence-electron chi connectivity index (χ3n) is 3.75. The van der Waals surface area contributed by atoms with E-state index < -0.39 is 0 Å². The van der Waals surface area contributed by atoms with E-state index in [9.17, 15) is 9.59 Å². The second-order valence-corrected chi connectivity index (χ2v) is 6.06. The first-order chi connectivity index (χ1) is 10.0. The molecule has 1 saturated heterocycles. The van der Waals surface area contributed by atoms with E-state index in [1.165, 1.54) is 22.6 Å². The summed E-state index contributed by atoms with van der Waals surface area (Å²) in [5, 5.41) is 0.566. The van der Waals surface area contributed by atoms with Gasteiger partial charge in [0.1, 0.15) is 12.3 Å². The second-order valence-electron chi connectivity index (χ2n) is 5.62. The fourth-order valence-electron chi connectivity index (χ4n) is 2.30. The number of hydrogen-bond acceptors (Lipinski definition) is 3. The second kappa shape index (κ2) is 5.56. The maximum absolute atomic E-state index is 11.9. The monoisotopic (exact) mass is 308 g/mol. The quantitative estimate of drug-likeness (QED) is 0.785. The third-order valence-corrected chi connectivity index (χ3v) is 3.99. The number of rotatable bonds is 5. The van der Waals surface area contributed by atoms with Crippen LogP contribution in [0.3, 0.4) is 0 Å². The molecule has 0 unspecified atom stereocenters. The van der Waals surface area contributed by atoms with Gasteiger partial charge in [-0.3, -0.25) is 9.69 Å². The first-order valence-corrected chi connectivity index (χ1v) is 7.39. The molecule has 3 rings (SSSR count). The molecule has 1 aromatic rings. The summed E-state index contributed by atoms with van der Waals surface area (Å²) in [5.74, 6) is 1.13. The molecule has 1 saturated carbocycles. The zero-order valence-electron chi connectivity index (χ0n) is 11.8. The Morgan fingerprint density at radius 1 is 1.33 bits per heavy atom. The van der Waals surface area contributed by atoms with Crippen LogP contribution in [0.4, 0.5) is 4.79 Å². The molecule has 1 aromatic carbocycles. The van der Waals surface area contributed by atoms with E-state index in [2.05, 4.69) is 0 Å². The summed E-state index contributed by atoms with van der Waals surface area (Å²) in [7, 11) is 1.61. The number of benzene rings is 1. The van der Waals surface area contributed by atoms with Crippen molar-refractivity contribution in [1.82, 2.24) is 9.80 Å². The smallest absolute Gasteiger partial charge is 0.327 e. The number of ether oxygens (including phenoxy) is 1. The van der Waals surface area contributed by atoms with Crippen LogP contribution in [-0.4, -0.2) is 41.9 Å². The molecule has 1 heterocycles. The molecule has 1 aliphatic heterocycles. The molecule has 0 bridgehead atoms. The lowest BCUT2D eigenvalue weighted by atomic mass is 10.2. The minimum absolute atomic E-state index is 0.123. The molecule has 2 aliphatic rings. The van der Waals surface area contributed by atoms with E-state index in [0.29, 0.717) is 23.3 Å². The van der Waals surface area contributed by atoms with Crippen LogP contribution in [-0.2, 0) is 11.3 Å². The predicted molar refractivity (Wildman–Crippen MR) is 78.2 cm³/mol. The summed E-state index contributed by atoms with van der Waals surface area (Å²) in [6, 6.07) is 5.03. The van der Waals surface area contributed by atoms with Gasteiger partial charge in [-0.15, -0.1) is 0 Å². The Labute approximate surface area is 128 Å². The molecule has 0 N–H and O–H groups in total. The van der Waals surface area contributed by atoms with Gasteiger partial charge in [-0.2, -0.15) is 0 Å². The van der Waals surface area contributed by atoms with E-state index >= 15 is 0 Å². The number of imide groups is 1. The maximum Gasteiger partial charge on any atom is 0.327 e. The van der Waals surface area contributed by atoms with Gasteiger partial charge in [0.25, 0.3) is 5.91 Å². The Morgan fingerprint density at radius 3 is 2.71 bits per heavy atom. The maximum atomic E-state index is 11.9. The van der Waals surface area contributed by atoms with Crippen LogP contribution in [0.2, 0.25) is 5.02 Å². The summed E-state index contributed by atoms with van der Waals surface area (Å²) in [6.45, 7) is 0.997. The summed E-state index contributed by atoms with van der Waals surface area (Å²) >= 11 is 6.02. The van der Waals surface area contributed by atoms with Gasteiger partial charge in [-0.25, -0.2) is 4.79 Å². The molecule has 0 radical (unpaired) electrons. The van der Waals surface area contributed by atoms with Crippen LogP contribution in [0, 0.1) is 5.92 Å². The molecule has 2 fully saturated rings. The summed E-state index contributed by atoms with van der Waals surface area (Å²) in [6.07, 6.45) is 2.41. The van der Waals surface area contributed by atoms with Gasteiger partial charge in [0.15, 0.2) is 0 Å². The van der Waals surface area contributed by atoms with Crippen molar-refractivity contribution in [3.8, 4) is 5.75 Å². The Morgan fingerprint density at radius 2 is 2.10 bits per heavy atom. The number of likely N-dealkylation sites (N-methyl/N-ethyl adjacent to an activating group) is 1. The fraction of sp³-hybridized carbons (Fsp3) is 0.467. The largest absolute Gasteiger partial charge is 0.493 e. The molecule has 5 nitrogen and oxygen atoms in total. The van der Waals surface area contributed by atoms with Crippen LogP contribution in [0.15, 0.2) is 18.2 Å². The van der Waals surface area contributed by atoms with E-state index in [1.54, 1.807) is 25.2 Å². The standard InChI is InChI=1S/C15H17ClN2O3/c1-17-8-14(19)18(15(17)20)7-11-6-12(16)4-5-13(11)21-9-10-2-3-10/h4-6,10H,2-3,7-9H2,1H3. The van der Waals surface area contributed by atoms with Gasteiger partial charge in [-0.05, 0) is 37.0 Å². The lowest BCUT2D eigenvalue weighted by Gasteiger charge is -2.17. The number of hydrogen-bond donors (Lipinski definition) is 0. The van der Waals surface area contributed by atoms with Gasteiger partial charge in [0.05, 0.1) is 13.2 Å². The highest BCUT2D eigenvalue weighted by Gasteiger charge is 2.34. The van der Waals surface area contributed by atoms with Crippen LogP contribution in [0.5, 0.6) is 5.75 Å². The predicted octanol–water partition coefficient (Wildman–Crippen LogP) is 2.52. The molecule has 0 aromatic heterocycles. The molecular formula is C15H17ClN2O3. The minimum Gasteiger partial charge on any atom is -0.493 e. The van der Waals surface area contributed by atoms with Crippen molar-refractivity contribution in [2.75, 3.05) is 20.2 Å². The number of carbonyl (C=O) groups excluding carboxylic acids is 2. The topological polar surface area (TPSA) is 49.9 Å². The van der Waals surface area contributed by atoms with Crippen LogP contribution >= 0.6 is 11.6 Å². The molecular weight excluding hydrogens is 292 g/mol. The van der Waals surface area contributed by atoms with Gasteiger partial charge in [-0.1, -0.05) is 11.6 Å². The van der Waals surface area contributed by atoms with Crippen LogP contribution in [0.1, 0.15) is 18.4 Å². The van der Waals surface area contributed by atoms with Crippen molar-refractivity contribution in [3.63, 3.8) is 0 Å². The Bertz CT molecular complexity index is 586. The highest BCUT2D eigenvalue weighted by Crippen LogP contribution is 2.31. The van der Waals surface area contributed by atoms with Gasteiger partial charge < -0.3 is 9.64 Å². The molecule has 112 valence electrons. The molecule has 21 heavy (non-hydrogen) atoms. The number of urea groups is 1. The number of nitrogens with zero attached hydrogens (tertiary/aromatic N) is 2. The van der Waals surface area contributed by atoms with Crippen molar-refractivity contribution in [2.45, 2.75) is 19.4 Å². The van der Waals surface area contributed by atoms with Crippen molar-refractivity contribution < 1.29 is 14.3 Å². The Kier molecular flexibility index (Phi) is 3.76. The molecule has 0 atom stereocenters. The first-order valence-electron chi connectivity index (χ1n) is 7.01. The third kappa shape index (κ3) is 3.13. The number of amides is 3. The summed E-state index contributed by atoms with van der Waals surface area (Å²) in [5.41, 5.74) is 0.764. The molecule has 0 spiro atoms. The average molecular weight is 309 g/mol. The molecule has 3 amide bonds. The number of halogens is 1. The van der Waals surface area contributed by atoms with E-state index in [1.807, 2.05) is 0 Å². The van der Waals surface area contributed by atoms with Crippen LogP contribution in [0.25, 0.3) is 0 Å². The van der Waals surface area contributed by atoms with E-state index in [-0.39, 0.29) is 25.0 Å². The average Bonchev–Trinajstić information content (AvgIpc) is 3.23. The normalized spacial score (nSPS) is 18.6. The zero-order valence-corrected chi connectivity index (χ0v) is 12.6. The van der Waals surface area contributed by atoms with E-state index in [4.69, 9.17) is 16.3 Å². The van der Waals surface area contributed by atoms with E-state index in [0.717, 1.165) is 5.56 Å². The van der Waals surface area contributed by atoms with Crippen molar-refractivity contribution in [1.29, 1.82) is 0 Å². The van der Waals surface area contributed by atoms with Crippen molar-refractivity contribution in [2.24, 2.45) is 5.92 Å². The fourth-order valence-corrected chi connectivity index (χ4v) is 2.49. The zero-order chi connectivity index (χ0) is 15.0. The lowest BCUT2D eigenvalue weighted by Crippen LogP contribution is -2.31. The molecule has 6 heteroatoms. The first kappa shape index (κ1) is 14.2. The Balaban J connectivity index is 1.77. The summed E-state index contributed by atoms with van der Waals surface area (Å²) in [4.78, 5) is 26.4. The van der Waals surface area contributed by atoms with Crippen LogP contribution < -0.4 is 4.74 Å². The highest BCUT2D eigenvalue weighted by molar-refractivity contribution is 6.30. The van der Waals surface area contributed by atoms with Crippen molar-refractivity contribution >= 4 is 23.5 Å². The summed E-state index contributed by atoms with van der Waals surface area (Å²) < 4.78 is 5.80. The molecule has 1 aliphatic carbocycles. The van der Waals surface area contributed by atoms with Crippen molar-refractivity contribution in [3.05, 3.63) is 28.8 Å². The van der Waals surface area contributed by atoms with Gasteiger partial charge in [0.2, 0.25) is 0 Å². The van der Waals surface area contributed by atoms with Gasteiger partial charge in [0, 0.05) is 17.6 Å². The van der Waals surface area contributed by atoms with Gasteiger partial charge >= 0.3 is 6.03 Å². The lowest BCUT2D eigenvalue weighted by molar-refractivity contribution is -0.125.